The molecule has 0 spiro atoms. The van der Waals surface area contributed by atoms with Gasteiger partial charge in [0.05, 0.1) is 19.0 Å². The van der Waals surface area contributed by atoms with Crippen molar-refractivity contribution in [1.29, 1.82) is 0 Å². The molecule has 1 amide bonds. The Morgan fingerprint density at radius 3 is 2.90 bits per heavy atom. The van der Waals surface area contributed by atoms with Crippen LogP contribution in [0.15, 0.2) is 55.3 Å². The minimum atomic E-state index is -0.229. The van der Waals surface area contributed by atoms with Crippen molar-refractivity contribution in [2.24, 2.45) is 0 Å². The topological polar surface area (TPSA) is 63.2 Å². The molecular weight excluding hydrogens is 266 g/mol. The van der Waals surface area contributed by atoms with Gasteiger partial charge in [-0.2, -0.15) is 0 Å². The van der Waals surface area contributed by atoms with Crippen molar-refractivity contribution in [2.45, 2.75) is 0 Å². The van der Waals surface area contributed by atoms with Crippen LogP contribution in [-0.2, 0) is 0 Å². The van der Waals surface area contributed by atoms with Gasteiger partial charge in [-0.1, -0.05) is 12.1 Å². The molecule has 5 nitrogen and oxygen atoms in total. The fourth-order valence-corrected chi connectivity index (χ4v) is 1.72. The van der Waals surface area contributed by atoms with Crippen LogP contribution in [0.25, 0.3) is 0 Å². The monoisotopic (exact) mass is 283 g/mol. The van der Waals surface area contributed by atoms with Crippen LogP contribution in [0.5, 0.6) is 5.75 Å². The maximum absolute atomic E-state index is 12.1. The summed E-state index contributed by atoms with van der Waals surface area (Å²) in [5.41, 5.74) is 1.39. The van der Waals surface area contributed by atoms with Gasteiger partial charge in [0.2, 0.25) is 0 Å². The number of hydrogen-bond acceptors (Lipinski definition) is 4. The van der Waals surface area contributed by atoms with E-state index in [1.54, 1.807) is 49.7 Å². The van der Waals surface area contributed by atoms with Crippen LogP contribution in [-0.4, -0.2) is 24.5 Å². The number of rotatable bonds is 6. The van der Waals surface area contributed by atoms with E-state index in [0.717, 1.165) is 5.69 Å². The van der Waals surface area contributed by atoms with Gasteiger partial charge >= 0.3 is 0 Å². The largest absolute Gasteiger partial charge is 0.497 e. The molecule has 0 bridgehead atoms. The van der Waals surface area contributed by atoms with Crippen LogP contribution in [0, 0.1) is 0 Å². The predicted octanol–water partition coefficient (Wildman–Crippen LogP) is 2.94. The Balaban J connectivity index is 2.03. The quantitative estimate of drug-likeness (QED) is 0.800. The minimum Gasteiger partial charge on any atom is -0.497 e. The third-order valence-electron chi connectivity index (χ3n) is 2.79. The second-order valence-corrected chi connectivity index (χ2v) is 4.29. The summed E-state index contributed by atoms with van der Waals surface area (Å²) in [4.78, 5) is 16.3. The highest BCUT2D eigenvalue weighted by molar-refractivity contribution is 6.04. The van der Waals surface area contributed by atoms with Crippen LogP contribution in [0.4, 0.5) is 11.5 Å². The SMILES string of the molecule is C=CCNc1ccc(NC(=O)c2cccc(OC)c2)nc1. The van der Waals surface area contributed by atoms with E-state index in [0.29, 0.717) is 23.7 Å². The molecule has 0 atom stereocenters. The van der Waals surface area contributed by atoms with Crippen molar-refractivity contribution in [1.82, 2.24) is 4.98 Å². The average molecular weight is 283 g/mol. The average Bonchev–Trinajstić information content (AvgIpc) is 2.54. The van der Waals surface area contributed by atoms with E-state index in [2.05, 4.69) is 22.2 Å². The van der Waals surface area contributed by atoms with E-state index >= 15 is 0 Å². The van der Waals surface area contributed by atoms with E-state index in [4.69, 9.17) is 4.74 Å². The molecule has 5 heteroatoms. The molecule has 0 saturated heterocycles. The minimum absolute atomic E-state index is 0.229. The third-order valence-corrected chi connectivity index (χ3v) is 2.79. The van der Waals surface area contributed by atoms with Gasteiger partial charge in [0, 0.05) is 12.1 Å². The van der Waals surface area contributed by atoms with Crippen LogP contribution < -0.4 is 15.4 Å². The summed E-state index contributed by atoms with van der Waals surface area (Å²) in [5.74, 6) is 0.903. The second kappa shape index (κ2) is 7.09. The van der Waals surface area contributed by atoms with Gasteiger partial charge in [-0.25, -0.2) is 4.98 Å². The van der Waals surface area contributed by atoms with Gasteiger partial charge in [0.25, 0.3) is 5.91 Å². The Morgan fingerprint density at radius 2 is 2.24 bits per heavy atom. The first kappa shape index (κ1) is 14.6. The highest BCUT2D eigenvalue weighted by Crippen LogP contribution is 2.15. The normalized spacial score (nSPS) is 9.76. The van der Waals surface area contributed by atoms with Crippen molar-refractivity contribution in [3.05, 3.63) is 60.8 Å². The molecule has 0 saturated carbocycles. The summed E-state index contributed by atoms with van der Waals surface area (Å²) in [5, 5.41) is 5.85. The summed E-state index contributed by atoms with van der Waals surface area (Å²) >= 11 is 0. The zero-order valence-electron chi connectivity index (χ0n) is 11.8. The highest BCUT2D eigenvalue weighted by atomic mass is 16.5. The zero-order valence-corrected chi connectivity index (χ0v) is 11.8. The molecule has 0 fully saturated rings. The molecule has 0 aliphatic rings. The Bertz CT molecular complexity index is 624. The molecule has 1 heterocycles. The van der Waals surface area contributed by atoms with Crippen molar-refractivity contribution in [3.8, 4) is 5.75 Å². The number of nitrogens with one attached hydrogen (secondary N) is 2. The van der Waals surface area contributed by atoms with Gasteiger partial charge in [0.15, 0.2) is 0 Å². The van der Waals surface area contributed by atoms with Gasteiger partial charge in [-0.3, -0.25) is 4.79 Å². The first-order chi connectivity index (χ1) is 10.2. The van der Waals surface area contributed by atoms with Gasteiger partial charge < -0.3 is 15.4 Å². The van der Waals surface area contributed by atoms with E-state index in [1.165, 1.54) is 0 Å². The molecule has 108 valence electrons. The summed E-state index contributed by atoms with van der Waals surface area (Å²) in [6.07, 6.45) is 3.42. The number of benzene rings is 1. The number of carbonyl (C=O) groups is 1. The lowest BCUT2D eigenvalue weighted by Crippen LogP contribution is -2.13. The van der Waals surface area contributed by atoms with Crippen molar-refractivity contribution in [3.63, 3.8) is 0 Å². The summed E-state index contributed by atoms with van der Waals surface area (Å²) in [6, 6.07) is 10.5. The first-order valence-corrected chi connectivity index (χ1v) is 6.49. The fourth-order valence-electron chi connectivity index (χ4n) is 1.72. The Labute approximate surface area is 123 Å². The van der Waals surface area contributed by atoms with Crippen molar-refractivity contribution >= 4 is 17.4 Å². The van der Waals surface area contributed by atoms with Gasteiger partial charge in [-0.05, 0) is 30.3 Å². The summed E-state index contributed by atoms with van der Waals surface area (Å²) < 4.78 is 5.10. The molecule has 2 rings (SSSR count). The third kappa shape index (κ3) is 4.07. The molecule has 1 aromatic heterocycles. The molecule has 21 heavy (non-hydrogen) atoms. The maximum Gasteiger partial charge on any atom is 0.256 e. The van der Waals surface area contributed by atoms with E-state index in [-0.39, 0.29) is 5.91 Å². The Hall–Kier alpha value is -2.82. The van der Waals surface area contributed by atoms with Gasteiger partial charge in [-0.15, -0.1) is 6.58 Å². The Kier molecular flexibility index (Phi) is 4.93. The number of amides is 1. The lowest BCUT2D eigenvalue weighted by molar-refractivity contribution is 0.102. The lowest BCUT2D eigenvalue weighted by atomic mass is 10.2. The maximum atomic E-state index is 12.1. The molecule has 1 aromatic carbocycles. The number of nitrogens with zero attached hydrogens (tertiary/aromatic N) is 1. The standard InChI is InChI=1S/C16H17N3O2/c1-3-9-17-13-7-8-15(18-11-13)19-16(20)12-5-4-6-14(10-12)21-2/h3-8,10-11,17H,1,9H2,2H3,(H,18,19,20). The Morgan fingerprint density at radius 1 is 1.38 bits per heavy atom. The summed E-state index contributed by atoms with van der Waals surface area (Å²) in [7, 11) is 1.56. The number of methoxy groups -OCH3 is 1. The zero-order chi connectivity index (χ0) is 15.1. The van der Waals surface area contributed by atoms with Crippen molar-refractivity contribution in [2.75, 3.05) is 24.3 Å². The number of aromatic nitrogens is 1. The first-order valence-electron chi connectivity index (χ1n) is 6.49. The van der Waals surface area contributed by atoms with E-state index in [9.17, 15) is 4.79 Å². The van der Waals surface area contributed by atoms with E-state index < -0.39 is 0 Å². The molecule has 0 radical (unpaired) electrons. The molecule has 2 N–H and O–H groups in total. The van der Waals surface area contributed by atoms with Gasteiger partial charge in [0.1, 0.15) is 11.6 Å². The highest BCUT2D eigenvalue weighted by Gasteiger charge is 2.07. The number of anilines is 2. The lowest BCUT2D eigenvalue weighted by Gasteiger charge is -2.07. The molecule has 0 aliphatic carbocycles. The van der Waals surface area contributed by atoms with Crippen LogP contribution in [0.2, 0.25) is 0 Å². The number of pyridine rings is 1. The molecular formula is C16H17N3O2. The molecule has 2 aromatic rings. The second-order valence-electron chi connectivity index (χ2n) is 4.29. The number of carbonyl (C=O) groups excluding carboxylic acids is 1. The van der Waals surface area contributed by atoms with Crippen LogP contribution in [0.1, 0.15) is 10.4 Å². The predicted molar refractivity (Wildman–Crippen MR) is 83.9 cm³/mol. The molecule has 0 aliphatic heterocycles. The van der Waals surface area contributed by atoms with E-state index in [1.807, 2.05) is 6.07 Å². The smallest absolute Gasteiger partial charge is 0.256 e. The number of hydrogen-bond donors (Lipinski definition) is 2. The molecule has 0 unspecified atom stereocenters. The summed E-state index contributed by atoms with van der Waals surface area (Å²) in [6.45, 7) is 4.29. The number of ether oxygens (including phenoxy) is 1. The van der Waals surface area contributed by atoms with Crippen molar-refractivity contribution < 1.29 is 9.53 Å². The fraction of sp³-hybridized carbons (Fsp3) is 0.125. The van der Waals surface area contributed by atoms with Crippen LogP contribution >= 0.6 is 0 Å². The van der Waals surface area contributed by atoms with Crippen LogP contribution in [0.3, 0.4) is 0 Å².